The number of nitrogens with zero attached hydrogens (tertiary/aromatic N) is 1. The molecule has 0 saturated heterocycles. The maximum Gasteiger partial charge on any atom is 0.387 e. The third-order valence-electron chi connectivity index (χ3n) is 3.42. The summed E-state index contributed by atoms with van der Waals surface area (Å²) in [4.78, 5) is 4.26. The first-order chi connectivity index (χ1) is 11.5. The van der Waals surface area contributed by atoms with Gasteiger partial charge in [-0.15, -0.1) is 0 Å². The molecule has 0 spiro atoms. The molecular weight excluding hydrogens is 336 g/mol. The van der Waals surface area contributed by atoms with E-state index in [-0.39, 0.29) is 16.5 Å². The summed E-state index contributed by atoms with van der Waals surface area (Å²) < 4.78 is 28.7. The molecule has 0 fully saturated rings. The van der Waals surface area contributed by atoms with Gasteiger partial charge in [-0.05, 0) is 35.0 Å². The Labute approximate surface area is 141 Å². The maximum atomic E-state index is 12.2. The zero-order valence-electron chi connectivity index (χ0n) is 12.3. The maximum absolute atomic E-state index is 12.2. The van der Waals surface area contributed by atoms with E-state index in [9.17, 15) is 13.9 Å². The number of benzene rings is 3. The number of hydrogen-bond donors (Lipinski definition) is 1. The molecule has 0 aliphatic rings. The van der Waals surface area contributed by atoms with Crippen molar-refractivity contribution in [2.24, 2.45) is 4.99 Å². The Bertz CT molecular complexity index is 913. The number of ether oxygens (including phenoxy) is 1. The molecule has 0 aliphatic heterocycles. The highest BCUT2D eigenvalue weighted by molar-refractivity contribution is 6.32. The first kappa shape index (κ1) is 16.2. The summed E-state index contributed by atoms with van der Waals surface area (Å²) in [5, 5.41) is 11.9. The van der Waals surface area contributed by atoms with Crippen molar-refractivity contribution in [2.45, 2.75) is 6.61 Å². The third-order valence-corrected chi connectivity index (χ3v) is 3.72. The van der Waals surface area contributed by atoms with E-state index in [4.69, 9.17) is 11.6 Å². The van der Waals surface area contributed by atoms with Crippen LogP contribution in [0.3, 0.4) is 0 Å². The number of phenolic OH excluding ortho intramolecular Hbond substituents is 1. The number of aromatic hydroxyl groups is 1. The fourth-order valence-electron chi connectivity index (χ4n) is 2.32. The van der Waals surface area contributed by atoms with Gasteiger partial charge >= 0.3 is 6.61 Å². The topological polar surface area (TPSA) is 41.8 Å². The molecule has 122 valence electrons. The van der Waals surface area contributed by atoms with E-state index in [1.54, 1.807) is 6.07 Å². The highest BCUT2D eigenvalue weighted by Crippen LogP contribution is 2.31. The molecule has 24 heavy (non-hydrogen) atoms. The zero-order valence-corrected chi connectivity index (χ0v) is 13.0. The van der Waals surface area contributed by atoms with Crippen molar-refractivity contribution in [3.63, 3.8) is 0 Å². The highest BCUT2D eigenvalue weighted by Gasteiger charge is 2.09. The van der Waals surface area contributed by atoms with Gasteiger partial charge in [0.15, 0.2) is 0 Å². The van der Waals surface area contributed by atoms with E-state index in [2.05, 4.69) is 9.73 Å². The van der Waals surface area contributed by atoms with Gasteiger partial charge < -0.3 is 9.84 Å². The van der Waals surface area contributed by atoms with Gasteiger partial charge in [-0.25, -0.2) is 0 Å². The number of hydrogen-bond acceptors (Lipinski definition) is 3. The SMILES string of the molecule is Oc1ccc2ccccc2c1C=Nc1ccc(OC(F)F)c(Cl)c1. The van der Waals surface area contributed by atoms with Crippen LogP contribution in [-0.2, 0) is 0 Å². The first-order valence-electron chi connectivity index (χ1n) is 7.04. The quantitative estimate of drug-likeness (QED) is 0.628. The largest absolute Gasteiger partial charge is 0.507 e. The number of alkyl halides is 2. The van der Waals surface area contributed by atoms with Gasteiger partial charge in [0.25, 0.3) is 0 Å². The lowest BCUT2D eigenvalue weighted by molar-refractivity contribution is -0.0497. The fourth-order valence-corrected chi connectivity index (χ4v) is 2.54. The Hall–Kier alpha value is -2.66. The van der Waals surface area contributed by atoms with Crippen LogP contribution in [0.25, 0.3) is 10.8 Å². The normalized spacial score (nSPS) is 11.5. The van der Waals surface area contributed by atoms with E-state index in [0.717, 1.165) is 10.8 Å². The molecule has 3 nitrogen and oxygen atoms in total. The van der Waals surface area contributed by atoms with Crippen molar-refractivity contribution in [1.82, 2.24) is 0 Å². The lowest BCUT2D eigenvalue weighted by atomic mass is 10.0. The molecule has 0 radical (unpaired) electrons. The zero-order chi connectivity index (χ0) is 17.1. The molecule has 0 heterocycles. The molecule has 3 aromatic carbocycles. The summed E-state index contributed by atoms with van der Waals surface area (Å²) in [5.41, 5.74) is 1.02. The Balaban J connectivity index is 1.94. The molecule has 0 saturated carbocycles. The van der Waals surface area contributed by atoms with E-state index >= 15 is 0 Å². The summed E-state index contributed by atoms with van der Waals surface area (Å²) >= 11 is 5.90. The first-order valence-corrected chi connectivity index (χ1v) is 7.41. The van der Waals surface area contributed by atoms with Crippen LogP contribution in [0.15, 0.2) is 59.6 Å². The van der Waals surface area contributed by atoms with Gasteiger partial charge in [0, 0.05) is 11.8 Å². The number of rotatable bonds is 4. The van der Waals surface area contributed by atoms with Gasteiger partial charge in [0.05, 0.1) is 10.7 Å². The fraction of sp³-hybridized carbons (Fsp3) is 0.0556. The van der Waals surface area contributed by atoms with Gasteiger partial charge in [-0.2, -0.15) is 8.78 Å². The molecule has 6 heteroatoms. The molecule has 1 N–H and O–H groups in total. The summed E-state index contributed by atoms with van der Waals surface area (Å²) in [6, 6.07) is 15.2. The van der Waals surface area contributed by atoms with Crippen LogP contribution in [-0.4, -0.2) is 17.9 Å². The second kappa shape index (κ2) is 6.84. The van der Waals surface area contributed by atoms with Crippen molar-refractivity contribution in [3.05, 3.63) is 65.2 Å². The smallest absolute Gasteiger partial charge is 0.387 e. The average molecular weight is 348 g/mol. The number of halogens is 3. The van der Waals surface area contributed by atoms with Gasteiger partial charge in [0.1, 0.15) is 11.5 Å². The number of phenols is 1. The number of fused-ring (bicyclic) bond motifs is 1. The lowest BCUT2D eigenvalue weighted by Gasteiger charge is -2.07. The molecule has 0 aromatic heterocycles. The van der Waals surface area contributed by atoms with Crippen LogP contribution in [0.4, 0.5) is 14.5 Å². The van der Waals surface area contributed by atoms with Crippen molar-refractivity contribution in [1.29, 1.82) is 0 Å². The molecule has 0 bridgehead atoms. The lowest BCUT2D eigenvalue weighted by Crippen LogP contribution is -2.01. The Morgan fingerprint density at radius 1 is 1.08 bits per heavy atom. The summed E-state index contributed by atoms with van der Waals surface area (Å²) in [6.45, 7) is -2.94. The Morgan fingerprint density at radius 2 is 1.88 bits per heavy atom. The summed E-state index contributed by atoms with van der Waals surface area (Å²) in [6.07, 6.45) is 1.51. The van der Waals surface area contributed by atoms with Crippen LogP contribution in [0, 0.1) is 0 Å². The Morgan fingerprint density at radius 3 is 2.62 bits per heavy atom. The van der Waals surface area contributed by atoms with Crippen LogP contribution >= 0.6 is 11.6 Å². The van der Waals surface area contributed by atoms with Crippen LogP contribution in [0.2, 0.25) is 5.02 Å². The van der Waals surface area contributed by atoms with Crippen LogP contribution in [0.5, 0.6) is 11.5 Å². The van der Waals surface area contributed by atoms with Gasteiger partial charge in [0.2, 0.25) is 0 Å². The highest BCUT2D eigenvalue weighted by atomic mass is 35.5. The predicted octanol–water partition coefficient (Wildman–Crippen LogP) is 5.55. The molecule has 3 aromatic rings. The standard InChI is InChI=1S/C18H12ClF2NO2/c19-15-9-12(6-8-17(15)24-18(20)21)22-10-14-13-4-2-1-3-11(13)5-7-16(14)23/h1-10,18,23H. The molecule has 0 atom stereocenters. The minimum absolute atomic E-state index is 0.0343. The monoisotopic (exact) mass is 347 g/mol. The van der Waals surface area contributed by atoms with Crippen molar-refractivity contribution in [2.75, 3.05) is 0 Å². The average Bonchev–Trinajstić information content (AvgIpc) is 2.56. The predicted molar refractivity (Wildman–Crippen MR) is 91.0 cm³/mol. The molecule has 0 amide bonds. The minimum Gasteiger partial charge on any atom is -0.507 e. The van der Waals surface area contributed by atoms with Crippen LogP contribution < -0.4 is 4.74 Å². The molecule has 0 aliphatic carbocycles. The van der Waals surface area contributed by atoms with Crippen LogP contribution in [0.1, 0.15) is 5.56 Å². The summed E-state index contributed by atoms with van der Waals surface area (Å²) in [7, 11) is 0. The second-order valence-corrected chi connectivity index (χ2v) is 5.38. The molecule has 3 rings (SSSR count). The minimum atomic E-state index is -2.94. The van der Waals surface area contributed by atoms with E-state index in [0.29, 0.717) is 11.3 Å². The Kier molecular flexibility index (Phi) is 4.62. The molecule has 0 unspecified atom stereocenters. The third kappa shape index (κ3) is 3.46. The van der Waals surface area contributed by atoms with E-state index in [1.807, 2.05) is 30.3 Å². The van der Waals surface area contributed by atoms with Crippen molar-refractivity contribution < 1.29 is 18.6 Å². The number of aliphatic imine (C=N–C) groups is 1. The van der Waals surface area contributed by atoms with Crippen molar-refractivity contribution >= 4 is 34.3 Å². The van der Waals surface area contributed by atoms with E-state index in [1.165, 1.54) is 24.4 Å². The van der Waals surface area contributed by atoms with Gasteiger partial charge in [-0.1, -0.05) is 41.9 Å². The van der Waals surface area contributed by atoms with Crippen molar-refractivity contribution in [3.8, 4) is 11.5 Å². The van der Waals surface area contributed by atoms with E-state index < -0.39 is 6.61 Å². The molecular formula is C18H12ClF2NO2. The summed E-state index contributed by atoms with van der Waals surface area (Å²) in [5.74, 6) is -0.0141. The second-order valence-electron chi connectivity index (χ2n) is 4.97. The van der Waals surface area contributed by atoms with Gasteiger partial charge in [-0.3, -0.25) is 4.99 Å².